The number of benzene rings is 1. The maximum Gasteiger partial charge on any atom is 0.226 e. The third-order valence-electron chi connectivity index (χ3n) is 3.45. The van der Waals surface area contributed by atoms with Gasteiger partial charge in [0.05, 0.1) is 0 Å². The number of alkyl halides is 1. The Kier molecular flexibility index (Phi) is 3.33. The fourth-order valence-corrected chi connectivity index (χ4v) is 2.69. The first-order valence-electron chi connectivity index (χ1n) is 6.34. The summed E-state index contributed by atoms with van der Waals surface area (Å²) in [5.41, 5.74) is 2.76. The fraction of sp³-hybridized carbons (Fsp3) is 0.429. The van der Waals surface area contributed by atoms with Crippen LogP contribution >= 0.6 is 11.6 Å². The number of hydrogen-bond donors (Lipinski definition) is 0. The van der Waals surface area contributed by atoms with Gasteiger partial charge in [-0.25, -0.2) is 0 Å². The Morgan fingerprint density at radius 2 is 2.22 bits per heavy atom. The Morgan fingerprint density at radius 1 is 1.33 bits per heavy atom. The minimum atomic E-state index is 0.301. The van der Waals surface area contributed by atoms with Gasteiger partial charge in [-0.15, -0.1) is 11.6 Å². The van der Waals surface area contributed by atoms with Gasteiger partial charge in [0.1, 0.15) is 0 Å². The maximum atomic E-state index is 5.66. The molecule has 3 rings (SSSR count). The molecule has 0 fully saturated rings. The van der Waals surface area contributed by atoms with Crippen LogP contribution in [0.5, 0.6) is 0 Å². The van der Waals surface area contributed by atoms with E-state index in [1.165, 1.54) is 11.1 Å². The number of aromatic nitrogens is 2. The van der Waals surface area contributed by atoms with Crippen molar-refractivity contribution in [1.82, 2.24) is 10.1 Å². The maximum absolute atomic E-state index is 5.66. The zero-order chi connectivity index (χ0) is 12.4. The van der Waals surface area contributed by atoms with Crippen LogP contribution < -0.4 is 0 Å². The van der Waals surface area contributed by atoms with E-state index in [9.17, 15) is 0 Å². The summed E-state index contributed by atoms with van der Waals surface area (Å²) in [5, 5.41) is 4.12. The molecule has 0 bridgehead atoms. The molecule has 1 atom stereocenters. The highest BCUT2D eigenvalue weighted by Crippen LogP contribution is 2.36. The predicted molar refractivity (Wildman–Crippen MR) is 69.9 cm³/mol. The quantitative estimate of drug-likeness (QED) is 0.794. The van der Waals surface area contributed by atoms with Gasteiger partial charge in [-0.3, -0.25) is 0 Å². The van der Waals surface area contributed by atoms with Crippen molar-refractivity contribution in [2.75, 3.05) is 5.88 Å². The normalized spacial score (nSPS) is 17.9. The highest BCUT2D eigenvalue weighted by molar-refractivity contribution is 6.17. The largest absolute Gasteiger partial charge is 0.339 e. The number of aryl methyl sites for hydroxylation is 2. The summed E-state index contributed by atoms with van der Waals surface area (Å²) in [6.07, 6.45) is 3.83. The molecule has 3 nitrogen and oxygen atoms in total. The molecule has 0 aliphatic heterocycles. The second-order valence-electron chi connectivity index (χ2n) is 4.63. The summed E-state index contributed by atoms with van der Waals surface area (Å²) in [6, 6.07) is 8.51. The molecule has 1 aliphatic rings. The van der Waals surface area contributed by atoms with E-state index in [4.69, 9.17) is 16.1 Å². The Labute approximate surface area is 111 Å². The lowest BCUT2D eigenvalue weighted by Gasteiger charge is -2.05. The van der Waals surface area contributed by atoms with E-state index in [-0.39, 0.29) is 0 Å². The molecule has 1 aromatic carbocycles. The third kappa shape index (κ3) is 2.15. The summed E-state index contributed by atoms with van der Waals surface area (Å²) >= 11 is 5.66. The highest BCUT2D eigenvalue weighted by atomic mass is 35.5. The van der Waals surface area contributed by atoms with Gasteiger partial charge in [-0.05, 0) is 30.4 Å². The smallest absolute Gasteiger partial charge is 0.226 e. The molecule has 1 aliphatic carbocycles. The molecule has 0 N–H and O–H groups in total. The van der Waals surface area contributed by atoms with Crippen LogP contribution in [0.1, 0.15) is 41.6 Å². The summed E-state index contributed by atoms with van der Waals surface area (Å²) < 4.78 is 5.27. The molecule has 1 unspecified atom stereocenters. The highest BCUT2D eigenvalue weighted by Gasteiger charge is 2.27. The molecular formula is C14H15ClN2O. The minimum absolute atomic E-state index is 0.301. The van der Waals surface area contributed by atoms with Crippen LogP contribution in [0.3, 0.4) is 0 Å². The summed E-state index contributed by atoms with van der Waals surface area (Å²) in [6.45, 7) is 0. The van der Waals surface area contributed by atoms with Crippen LogP contribution in [-0.2, 0) is 12.8 Å². The van der Waals surface area contributed by atoms with Crippen molar-refractivity contribution in [3.05, 3.63) is 47.1 Å². The zero-order valence-corrected chi connectivity index (χ0v) is 10.9. The van der Waals surface area contributed by atoms with Crippen LogP contribution in [0, 0.1) is 0 Å². The summed E-state index contributed by atoms with van der Waals surface area (Å²) in [4.78, 5) is 4.49. The van der Waals surface area contributed by atoms with Crippen molar-refractivity contribution in [2.24, 2.45) is 0 Å². The van der Waals surface area contributed by atoms with E-state index in [1.807, 2.05) is 0 Å². The van der Waals surface area contributed by atoms with Crippen LogP contribution in [0.2, 0.25) is 0 Å². The lowest BCUT2D eigenvalue weighted by molar-refractivity contribution is 0.370. The lowest BCUT2D eigenvalue weighted by Crippen LogP contribution is -1.99. The molecule has 0 radical (unpaired) electrons. The first-order valence-corrected chi connectivity index (χ1v) is 6.88. The molecule has 94 valence electrons. The first-order chi connectivity index (χ1) is 8.88. The zero-order valence-electron chi connectivity index (χ0n) is 10.1. The number of halogens is 1. The Morgan fingerprint density at radius 3 is 3.11 bits per heavy atom. The number of rotatable bonds is 4. The van der Waals surface area contributed by atoms with Crippen molar-refractivity contribution in [3.63, 3.8) is 0 Å². The van der Waals surface area contributed by atoms with Gasteiger partial charge in [-0.2, -0.15) is 4.98 Å². The second kappa shape index (κ2) is 5.11. The number of nitrogens with zero attached hydrogens (tertiary/aromatic N) is 2. The van der Waals surface area contributed by atoms with Crippen molar-refractivity contribution >= 4 is 11.6 Å². The topological polar surface area (TPSA) is 38.9 Å². The molecule has 0 amide bonds. The van der Waals surface area contributed by atoms with Crippen molar-refractivity contribution in [1.29, 1.82) is 0 Å². The first kappa shape index (κ1) is 11.7. The van der Waals surface area contributed by atoms with Gasteiger partial charge in [0.15, 0.2) is 5.82 Å². The molecule has 18 heavy (non-hydrogen) atoms. The van der Waals surface area contributed by atoms with Gasteiger partial charge in [0.25, 0.3) is 0 Å². The summed E-state index contributed by atoms with van der Waals surface area (Å²) in [7, 11) is 0. The van der Waals surface area contributed by atoms with E-state index < -0.39 is 0 Å². The Bertz CT molecular complexity index is 538. The molecule has 0 saturated heterocycles. The average molecular weight is 263 g/mol. The van der Waals surface area contributed by atoms with E-state index in [2.05, 4.69) is 34.4 Å². The van der Waals surface area contributed by atoms with Crippen LogP contribution in [0.15, 0.2) is 28.8 Å². The molecule has 2 aromatic rings. The van der Waals surface area contributed by atoms with Crippen molar-refractivity contribution in [3.8, 4) is 0 Å². The molecule has 0 spiro atoms. The molecule has 1 aromatic heterocycles. The second-order valence-corrected chi connectivity index (χ2v) is 5.01. The molecule has 0 saturated carbocycles. The molecule has 4 heteroatoms. The van der Waals surface area contributed by atoms with E-state index in [0.29, 0.717) is 17.7 Å². The summed E-state index contributed by atoms with van der Waals surface area (Å²) in [5.74, 6) is 2.46. The van der Waals surface area contributed by atoms with Gasteiger partial charge in [0, 0.05) is 18.2 Å². The van der Waals surface area contributed by atoms with Gasteiger partial charge in [0.2, 0.25) is 5.89 Å². The average Bonchev–Trinajstić information content (AvgIpc) is 3.02. The standard InChI is InChI=1S/C14H15ClN2O/c15-9-3-6-13-16-14(17-18-13)12-8-7-10-4-1-2-5-11(10)12/h1-2,4-5,12H,3,6-9H2. The number of fused-ring (bicyclic) bond motifs is 1. The monoisotopic (exact) mass is 262 g/mol. The lowest BCUT2D eigenvalue weighted by atomic mass is 10.0. The van der Waals surface area contributed by atoms with Gasteiger partial charge >= 0.3 is 0 Å². The van der Waals surface area contributed by atoms with Crippen LogP contribution in [0.25, 0.3) is 0 Å². The van der Waals surface area contributed by atoms with Gasteiger partial charge in [-0.1, -0.05) is 29.4 Å². The van der Waals surface area contributed by atoms with Gasteiger partial charge < -0.3 is 4.52 Å². The SMILES string of the molecule is ClCCCc1nc(C2CCc3ccccc32)no1. The Balaban J connectivity index is 1.82. The van der Waals surface area contributed by atoms with E-state index >= 15 is 0 Å². The predicted octanol–water partition coefficient (Wildman–Crippen LogP) is 3.32. The minimum Gasteiger partial charge on any atom is -0.339 e. The third-order valence-corrected chi connectivity index (χ3v) is 3.72. The number of hydrogen-bond acceptors (Lipinski definition) is 3. The Hall–Kier alpha value is -1.35. The molecule has 1 heterocycles. The van der Waals surface area contributed by atoms with Crippen molar-refractivity contribution < 1.29 is 4.52 Å². The van der Waals surface area contributed by atoms with Crippen LogP contribution in [-0.4, -0.2) is 16.0 Å². The van der Waals surface area contributed by atoms with E-state index in [1.54, 1.807) is 0 Å². The molecular weight excluding hydrogens is 248 g/mol. The van der Waals surface area contributed by atoms with Crippen molar-refractivity contribution in [2.45, 2.75) is 31.6 Å². The van der Waals surface area contributed by atoms with Crippen LogP contribution in [0.4, 0.5) is 0 Å². The fourth-order valence-electron chi connectivity index (χ4n) is 2.55. The van der Waals surface area contributed by atoms with E-state index in [0.717, 1.165) is 31.5 Å².